The molecule has 0 saturated carbocycles. The topological polar surface area (TPSA) is 46.4 Å². The van der Waals surface area contributed by atoms with Gasteiger partial charge >= 0.3 is 0 Å². The molecule has 0 spiro atoms. The molecule has 3 aromatic rings. The lowest BCUT2D eigenvalue weighted by Crippen LogP contribution is -2.16. The van der Waals surface area contributed by atoms with Crippen LogP contribution in [-0.4, -0.2) is 15.3 Å². The van der Waals surface area contributed by atoms with Gasteiger partial charge in [-0.1, -0.05) is 50.2 Å². The van der Waals surface area contributed by atoms with Crippen molar-refractivity contribution in [1.29, 1.82) is 0 Å². The van der Waals surface area contributed by atoms with Gasteiger partial charge in [0.25, 0.3) is 0 Å². The highest BCUT2D eigenvalue weighted by atomic mass is 16.1. The number of carbonyl (C=O) groups excluding carboxylic acids is 1. The second-order valence-electron chi connectivity index (χ2n) is 6.14. The quantitative estimate of drug-likeness (QED) is 0.777. The second kappa shape index (κ2) is 6.65. The summed E-state index contributed by atoms with van der Waals surface area (Å²) in [5, 5.41) is 3.05. The third-order valence-electron chi connectivity index (χ3n) is 3.67. The summed E-state index contributed by atoms with van der Waals surface area (Å²) in [6, 6.07) is 16.0. The van der Waals surface area contributed by atoms with Gasteiger partial charge < -0.3 is 5.32 Å². The molecular weight excluding hydrogens is 286 g/mol. The lowest BCUT2D eigenvalue weighted by atomic mass is 10.1. The maximum absolute atomic E-state index is 12.2. The zero-order valence-corrected chi connectivity index (χ0v) is 13.5. The molecule has 2 aromatic heterocycles. The summed E-state index contributed by atoms with van der Waals surface area (Å²) >= 11 is 0. The monoisotopic (exact) mass is 307 g/mol. The van der Waals surface area contributed by atoms with E-state index >= 15 is 0 Å². The number of carbonyl (C=O) groups is 1. The Bertz CT molecular complexity index is 806. The average molecular weight is 307 g/mol. The van der Waals surface area contributed by atoms with Crippen molar-refractivity contribution in [3.05, 3.63) is 66.0 Å². The van der Waals surface area contributed by atoms with E-state index in [9.17, 15) is 4.79 Å². The molecule has 0 saturated heterocycles. The molecule has 23 heavy (non-hydrogen) atoms. The Kier molecular flexibility index (Phi) is 4.42. The normalized spacial score (nSPS) is 11.1. The van der Waals surface area contributed by atoms with Crippen molar-refractivity contribution in [1.82, 2.24) is 9.38 Å². The Labute approximate surface area is 136 Å². The van der Waals surface area contributed by atoms with Crippen LogP contribution in [0.15, 0.2) is 54.7 Å². The molecule has 0 radical (unpaired) electrons. The molecule has 3 rings (SSSR count). The molecule has 1 amide bonds. The van der Waals surface area contributed by atoms with E-state index in [1.165, 1.54) is 5.56 Å². The van der Waals surface area contributed by atoms with Crippen molar-refractivity contribution in [2.75, 3.05) is 5.32 Å². The van der Waals surface area contributed by atoms with Gasteiger partial charge in [0, 0.05) is 19.0 Å². The maximum atomic E-state index is 12.2. The number of hydrogen-bond acceptors (Lipinski definition) is 2. The number of amides is 1. The summed E-state index contributed by atoms with van der Waals surface area (Å²) in [7, 11) is 0. The molecule has 1 N–H and O–H groups in total. The van der Waals surface area contributed by atoms with Gasteiger partial charge in [0.15, 0.2) is 0 Å². The molecule has 0 bridgehead atoms. The minimum Gasteiger partial charge on any atom is -0.310 e. The minimum absolute atomic E-state index is 0.0277. The summed E-state index contributed by atoms with van der Waals surface area (Å²) in [6.45, 7) is 4.08. The number of nitrogens with one attached hydrogen (secondary N) is 1. The number of benzene rings is 1. The predicted molar refractivity (Wildman–Crippen MR) is 92.5 cm³/mol. The lowest BCUT2D eigenvalue weighted by molar-refractivity contribution is -0.116. The number of rotatable bonds is 5. The summed E-state index contributed by atoms with van der Waals surface area (Å²) in [5.41, 5.74) is 2.91. The molecule has 1 aromatic carbocycles. The Hall–Kier alpha value is -2.62. The van der Waals surface area contributed by atoms with E-state index in [4.69, 9.17) is 0 Å². The van der Waals surface area contributed by atoms with Gasteiger partial charge in [-0.15, -0.1) is 0 Å². The third kappa shape index (κ3) is 3.59. The van der Waals surface area contributed by atoms with Crippen molar-refractivity contribution < 1.29 is 4.79 Å². The Balaban J connectivity index is 1.96. The van der Waals surface area contributed by atoms with E-state index in [0.29, 0.717) is 18.8 Å². The first-order chi connectivity index (χ1) is 11.1. The van der Waals surface area contributed by atoms with Crippen LogP contribution in [0.2, 0.25) is 0 Å². The van der Waals surface area contributed by atoms with Gasteiger partial charge in [-0.05, 0) is 23.6 Å². The molecule has 0 aliphatic rings. The molecule has 0 aliphatic heterocycles. The number of pyridine rings is 1. The summed E-state index contributed by atoms with van der Waals surface area (Å²) in [5.74, 6) is 1.13. The van der Waals surface area contributed by atoms with Gasteiger partial charge in [0.05, 0.1) is 5.69 Å². The summed E-state index contributed by atoms with van der Waals surface area (Å²) in [6.07, 6.45) is 3.13. The standard InChI is InChI=1S/C19H21N3O/c1-14(2)12-18(23)21-19-16(13-15-8-4-3-5-9-15)20-17-10-6-7-11-22(17)19/h3-11,14H,12-13H2,1-2H3,(H,21,23). The lowest BCUT2D eigenvalue weighted by Gasteiger charge is -2.09. The third-order valence-corrected chi connectivity index (χ3v) is 3.67. The predicted octanol–water partition coefficient (Wildman–Crippen LogP) is 3.91. The Morgan fingerprint density at radius 1 is 1.13 bits per heavy atom. The van der Waals surface area contributed by atoms with E-state index in [2.05, 4.69) is 22.4 Å². The van der Waals surface area contributed by atoms with Crippen LogP contribution in [0.5, 0.6) is 0 Å². The van der Waals surface area contributed by atoms with Crippen LogP contribution < -0.4 is 5.32 Å². The number of anilines is 1. The van der Waals surface area contributed by atoms with Gasteiger partial charge in [0.2, 0.25) is 5.91 Å². The second-order valence-corrected chi connectivity index (χ2v) is 6.14. The highest BCUT2D eigenvalue weighted by Gasteiger charge is 2.15. The zero-order chi connectivity index (χ0) is 16.2. The highest BCUT2D eigenvalue weighted by Crippen LogP contribution is 2.22. The number of imidazole rings is 1. The van der Waals surface area contributed by atoms with Crippen LogP contribution in [0.25, 0.3) is 5.65 Å². The van der Waals surface area contributed by atoms with E-state index < -0.39 is 0 Å². The Morgan fingerprint density at radius 3 is 2.61 bits per heavy atom. The van der Waals surface area contributed by atoms with Crippen LogP contribution in [0, 0.1) is 5.92 Å². The van der Waals surface area contributed by atoms with Crippen LogP contribution in [-0.2, 0) is 11.2 Å². The first-order valence-corrected chi connectivity index (χ1v) is 7.93. The highest BCUT2D eigenvalue weighted by molar-refractivity contribution is 5.91. The fraction of sp³-hybridized carbons (Fsp3) is 0.263. The van der Waals surface area contributed by atoms with E-state index in [1.807, 2.05) is 60.8 Å². The molecule has 0 unspecified atom stereocenters. The van der Waals surface area contributed by atoms with Gasteiger partial charge in [0.1, 0.15) is 11.5 Å². The maximum Gasteiger partial charge on any atom is 0.225 e. The number of aromatic nitrogens is 2. The molecule has 4 heteroatoms. The van der Waals surface area contributed by atoms with Crippen molar-refractivity contribution >= 4 is 17.4 Å². The first-order valence-electron chi connectivity index (χ1n) is 7.93. The van der Waals surface area contributed by atoms with Crippen molar-refractivity contribution in [3.8, 4) is 0 Å². The molecular formula is C19H21N3O. The van der Waals surface area contributed by atoms with Crippen LogP contribution in [0.4, 0.5) is 5.82 Å². The molecule has 118 valence electrons. The van der Waals surface area contributed by atoms with Gasteiger partial charge in [-0.2, -0.15) is 0 Å². The number of hydrogen-bond donors (Lipinski definition) is 1. The Morgan fingerprint density at radius 2 is 1.87 bits per heavy atom. The van der Waals surface area contributed by atoms with Gasteiger partial charge in [-0.25, -0.2) is 4.98 Å². The fourth-order valence-corrected chi connectivity index (χ4v) is 2.64. The van der Waals surface area contributed by atoms with Crippen molar-refractivity contribution in [2.24, 2.45) is 5.92 Å². The number of fused-ring (bicyclic) bond motifs is 1. The smallest absolute Gasteiger partial charge is 0.225 e. The van der Waals surface area contributed by atoms with Gasteiger partial charge in [-0.3, -0.25) is 9.20 Å². The minimum atomic E-state index is 0.0277. The molecule has 2 heterocycles. The molecule has 0 aliphatic carbocycles. The van der Waals surface area contributed by atoms with Crippen LogP contribution >= 0.6 is 0 Å². The SMILES string of the molecule is CC(C)CC(=O)Nc1c(Cc2ccccc2)nc2ccccn12. The average Bonchev–Trinajstić information content (AvgIpc) is 2.85. The molecule has 0 fully saturated rings. The van der Waals surface area contributed by atoms with E-state index in [-0.39, 0.29) is 5.91 Å². The van der Waals surface area contributed by atoms with Crippen LogP contribution in [0.1, 0.15) is 31.5 Å². The van der Waals surface area contributed by atoms with Crippen molar-refractivity contribution in [3.63, 3.8) is 0 Å². The molecule has 0 atom stereocenters. The summed E-state index contributed by atoms with van der Waals surface area (Å²) in [4.78, 5) is 16.9. The van der Waals surface area contributed by atoms with Crippen molar-refractivity contribution in [2.45, 2.75) is 26.7 Å². The largest absolute Gasteiger partial charge is 0.310 e. The van der Waals surface area contributed by atoms with E-state index in [1.54, 1.807) is 0 Å². The summed E-state index contributed by atoms with van der Waals surface area (Å²) < 4.78 is 1.94. The molecule has 4 nitrogen and oxygen atoms in total. The zero-order valence-electron chi connectivity index (χ0n) is 13.5. The van der Waals surface area contributed by atoms with Crippen LogP contribution in [0.3, 0.4) is 0 Å². The van der Waals surface area contributed by atoms with E-state index in [0.717, 1.165) is 17.2 Å². The first kappa shape index (κ1) is 15.3. The fourth-order valence-electron chi connectivity index (χ4n) is 2.64. The number of nitrogens with zero attached hydrogens (tertiary/aromatic N) is 2.